The summed E-state index contributed by atoms with van der Waals surface area (Å²) in [6.07, 6.45) is 0.0683. The third kappa shape index (κ3) is 5.94. The molecule has 1 atom stereocenters. The van der Waals surface area contributed by atoms with E-state index in [9.17, 15) is 14.4 Å². The average molecular weight is 442 g/mol. The van der Waals surface area contributed by atoms with Crippen molar-refractivity contribution in [3.63, 3.8) is 0 Å². The summed E-state index contributed by atoms with van der Waals surface area (Å²) in [6, 6.07) is -0.113. The van der Waals surface area contributed by atoms with E-state index in [0.29, 0.717) is 17.7 Å². The fourth-order valence-electron chi connectivity index (χ4n) is 2.90. The first kappa shape index (κ1) is 23.7. The summed E-state index contributed by atoms with van der Waals surface area (Å²) in [4.78, 5) is 38.0. The van der Waals surface area contributed by atoms with Gasteiger partial charge in [0.2, 0.25) is 0 Å². The van der Waals surface area contributed by atoms with Crippen LogP contribution in [-0.2, 0) is 27.2 Å². The number of aromatic nitrogens is 2. The third-order valence-electron chi connectivity index (χ3n) is 4.33. The van der Waals surface area contributed by atoms with E-state index >= 15 is 0 Å². The standard InChI is InChI=1S/C19H28ClN5O5/c1-11-7-15-14(9-25(11)18(28)30-19(3,4)5)16(22-21-15)17(27)24(6)23-13(8-20)10-29-12(2)26/h11H,7-10H2,1-6H3,(H,21,22)/b23-13+/t11-/m1/s1. The van der Waals surface area contributed by atoms with Crippen molar-refractivity contribution < 1.29 is 23.9 Å². The van der Waals surface area contributed by atoms with E-state index in [2.05, 4.69) is 15.3 Å². The number of hydrogen-bond acceptors (Lipinski definition) is 7. The van der Waals surface area contributed by atoms with Gasteiger partial charge in [0.15, 0.2) is 5.69 Å². The van der Waals surface area contributed by atoms with Crippen LogP contribution in [0.15, 0.2) is 5.10 Å². The maximum absolute atomic E-state index is 12.9. The Morgan fingerprint density at radius 2 is 2.03 bits per heavy atom. The molecule has 0 saturated heterocycles. The van der Waals surface area contributed by atoms with Gasteiger partial charge in [0, 0.05) is 37.7 Å². The van der Waals surface area contributed by atoms with Gasteiger partial charge >= 0.3 is 12.1 Å². The first-order valence-electron chi connectivity index (χ1n) is 9.52. The lowest BCUT2D eigenvalue weighted by Gasteiger charge is -2.34. The number of carbonyl (C=O) groups is 3. The summed E-state index contributed by atoms with van der Waals surface area (Å²) in [5.74, 6) is -0.954. The van der Waals surface area contributed by atoms with Crippen LogP contribution in [0.25, 0.3) is 0 Å². The van der Waals surface area contributed by atoms with E-state index in [1.54, 1.807) is 25.7 Å². The molecule has 0 saturated carbocycles. The number of carbonyl (C=O) groups excluding carboxylic acids is 3. The van der Waals surface area contributed by atoms with Crippen molar-refractivity contribution in [1.29, 1.82) is 0 Å². The summed E-state index contributed by atoms with van der Waals surface area (Å²) in [6.45, 7) is 8.66. The molecule has 0 spiro atoms. The molecule has 30 heavy (non-hydrogen) atoms. The molecule has 2 heterocycles. The molecule has 0 radical (unpaired) electrons. The first-order chi connectivity index (χ1) is 13.9. The number of nitrogens with one attached hydrogen (secondary N) is 1. The molecule has 10 nitrogen and oxygen atoms in total. The second-order valence-electron chi connectivity index (χ2n) is 8.10. The van der Waals surface area contributed by atoms with Crippen molar-refractivity contribution in [2.24, 2.45) is 5.10 Å². The molecule has 0 aliphatic carbocycles. The molecule has 1 aromatic rings. The van der Waals surface area contributed by atoms with Gasteiger partial charge in [0.05, 0.1) is 18.1 Å². The van der Waals surface area contributed by atoms with Gasteiger partial charge in [0.25, 0.3) is 5.91 Å². The summed E-state index contributed by atoms with van der Waals surface area (Å²) in [5, 5.41) is 12.2. The fourth-order valence-corrected chi connectivity index (χ4v) is 3.03. The van der Waals surface area contributed by atoms with Gasteiger partial charge in [-0.3, -0.25) is 14.7 Å². The molecule has 0 aromatic carbocycles. The average Bonchev–Trinajstić information content (AvgIpc) is 3.04. The second kappa shape index (κ2) is 9.46. The SMILES string of the molecule is CC(=O)OC/C(CCl)=N/N(C)C(=O)c1n[nH]c2c1CN(C(=O)OC(C)(C)C)[C@H](C)C2. The summed E-state index contributed by atoms with van der Waals surface area (Å²) >= 11 is 5.82. The number of rotatable bonds is 5. The van der Waals surface area contributed by atoms with E-state index in [1.807, 2.05) is 6.92 Å². The highest BCUT2D eigenvalue weighted by Gasteiger charge is 2.35. The van der Waals surface area contributed by atoms with Gasteiger partial charge in [-0.05, 0) is 27.7 Å². The predicted molar refractivity (Wildman–Crippen MR) is 110 cm³/mol. The smallest absolute Gasteiger partial charge is 0.410 e. The molecule has 1 aromatic heterocycles. The van der Waals surface area contributed by atoms with Crippen LogP contribution in [0.5, 0.6) is 0 Å². The van der Waals surface area contributed by atoms with Gasteiger partial charge in [0.1, 0.15) is 12.2 Å². The molecule has 2 rings (SSSR count). The Morgan fingerprint density at radius 3 is 2.60 bits per heavy atom. The molecule has 1 aliphatic rings. The molecule has 0 fully saturated rings. The van der Waals surface area contributed by atoms with Crippen LogP contribution >= 0.6 is 11.6 Å². The van der Waals surface area contributed by atoms with E-state index in [4.69, 9.17) is 21.1 Å². The monoisotopic (exact) mass is 441 g/mol. The van der Waals surface area contributed by atoms with Crippen LogP contribution in [0.1, 0.15) is 56.4 Å². The number of hydrazone groups is 1. The zero-order chi connectivity index (χ0) is 22.6. The van der Waals surface area contributed by atoms with Gasteiger partial charge in [-0.25, -0.2) is 9.80 Å². The number of alkyl halides is 1. The molecule has 1 aliphatic heterocycles. The minimum atomic E-state index is -0.624. The zero-order valence-corrected chi connectivity index (χ0v) is 18.9. The summed E-state index contributed by atoms with van der Waals surface area (Å²) < 4.78 is 10.4. The Balaban J connectivity index is 2.21. The lowest BCUT2D eigenvalue weighted by atomic mass is 10.00. The maximum atomic E-state index is 12.9. The fraction of sp³-hybridized carbons (Fsp3) is 0.632. The normalized spacial score (nSPS) is 16.7. The van der Waals surface area contributed by atoms with E-state index in [-0.39, 0.29) is 30.8 Å². The number of ether oxygens (including phenoxy) is 2. The van der Waals surface area contributed by atoms with Gasteiger partial charge in [-0.15, -0.1) is 11.6 Å². The van der Waals surface area contributed by atoms with E-state index in [1.165, 1.54) is 14.0 Å². The third-order valence-corrected chi connectivity index (χ3v) is 4.63. The van der Waals surface area contributed by atoms with Crippen LogP contribution in [0.3, 0.4) is 0 Å². The number of halogens is 1. The number of amides is 2. The number of fused-ring (bicyclic) bond motifs is 1. The highest BCUT2D eigenvalue weighted by molar-refractivity contribution is 6.29. The van der Waals surface area contributed by atoms with Crippen molar-refractivity contribution in [3.8, 4) is 0 Å². The van der Waals surface area contributed by atoms with Crippen molar-refractivity contribution in [3.05, 3.63) is 17.0 Å². The second-order valence-corrected chi connectivity index (χ2v) is 8.37. The predicted octanol–water partition coefficient (Wildman–Crippen LogP) is 2.32. The topological polar surface area (TPSA) is 117 Å². The van der Waals surface area contributed by atoms with Crippen molar-refractivity contribution in [1.82, 2.24) is 20.1 Å². The van der Waals surface area contributed by atoms with Crippen LogP contribution in [0.2, 0.25) is 0 Å². The van der Waals surface area contributed by atoms with E-state index < -0.39 is 23.6 Å². The van der Waals surface area contributed by atoms with E-state index in [0.717, 1.165) is 10.7 Å². The highest BCUT2D eigenvalue weighted by Crippen LogP contribution is 2.26. The quantitative estimate of drug-likeness (QED) is 0.324. The molecular formula is C19H28ClN5O5. The lowest BCUT2D eigenvalue weighted by molar-refractivity contribution is -0.139. The van der Waals surface area contributed by atoms with Crippen LogP contribution in [0.4, 0.5) is 4.79 Å². The van der Waals surface area contributed by atoms with Gasteiger partial charge in [-0.1, -0.05) is 0 Å². The Morgan fingerprint density at radius 1 is 1.37 bits per heavy atom. The van der Waals surface area contributed by atoms with Crippen molar-refractivity contribution >= 4 is 35.3 Å². The number of aromatic amines is 1. The zero-order valence-electron chi connectivity index (χ0n) is 18.1. The summed E-state index contributed by atoms with van der Waals surface area (Å²) in [5.41, 5.74) is 1.27. The lowest BCUT2D eigenvalue weighted by Crippen LogP contribution is -2.45. The number of H-pyrrole nitrogens is 1. The minimum absolute atomic E-state index is 0.00644. The molecule has 1 N–H and O–H groups in total. The van der Waals surface area contributed by atoms with Crippen LogP contribution in [0, 0.1) is 0 Å². The molecule has 11 heteroatoms. The van der Waals surface area contributed by atoms with Crippen LogP contribution in [-0.4, -0.2) is 75.0 Å². The number of hydrogen-bond donors (Lipinski definition) is 1. The highest BCUT2D eigenvalue weighted by atomic mass is 35.5. The first-order valence-corrected chi connectivity index (χ1v) is 10.1. The Labute approximate surface area is 180 Å². The number of nitrogens with zero attached hydrogens (tertiary/aromatic N) is 4. The summed E-state index contributed by atoms with van der Waals surface area (Å²) in [7, 11) is 1.46. The van der Waals surface area contributed by atoms with Crippen molar-refractivity contribution in [2.75, 3.05) is 19.5 Å². The molecule has 2 amide bonds. The van der Waals surface area contributed by atoms with Gasteiger partial charge < -0.3 is 14.4 Å². The molecular weight excluding hydrogens is 414 g/mol. The van der Waals surface area contributed by atoms with Crippen LogP contribution < -0.4 is 0 Å². The maximum Gasteiger partial charge on any atom is 0.410 e. The molecule has 0 unspecified atom stereocenters. The van der Waals surface area contributed by atoms with Crippen molar-refractivity contribution in [2.45, 2.75) is 59.2 Å². The number of esters is 1. The minimum Gasteiger partial charge on any atom is -0.460 e. The Hall–Kier alpha value is -2.62. The van der Waals surface area contributed by atoms with Gasteiger partial charge in [-0.2, -0.15) is 10.2 Å². The Bertz CT molecular complexity index is 845. The molecule has 166 valence electrons. The Kier molecular flexibility index (Phi) is 7.46. The molecule has 0 bridgehead atoms. The largest absolute Gasteiger partial charge is 0.460 e.